The molecule has 1 aliphatic heterocycles. The SMILES string of the molecule is Cc1cccc(C(=O)NC(CCS(C)(=O)=O)C(=O)Nc2ccc3c(c2)NC(=O)CO3)c1. The highest BCUT2D eigenvalue weighted by atomic mass is 32.2. The van der Waals surface area contributed by atoms with Gasteiger partial charge in [0.25, 0.3) is 11.8 Å². The number of sulfone groups is 1. The molecule has 2 aromatic carbocycles. The maximum Gasteiger partial charge on any atom is 0.262 e. The summed E-state index contributed by atoms with van der Waals surface area (Å²) in [4.78, 5) is 37.0. The van der Waals surface area contributed by atoms with Crippen molar-refractivity contribution in [1.82, 2.24) is 5.32 Å². The van der Waals surface area contributed by atoms with Gasteiger partial charge in [-0.15, -0.1) is 0 Å². The molecular formula is C21H23N3O6S. The van der Waals surface area contributed by atoms with E-state index in [0.29, 0.717) is 22.7 Å². The van der Waals surface area contributed by atoms with Crippen LogP contribution in [0, 0.1) is 6.92 Å². The second kappa shape index (κ2) is 9.17. The molecule has 0 saturated heterocycles. The Bertz CT molecular complexity index is 1130. The zero-order valence-corrected chi connectivity index (χ0v) is 17.9. The molecule has 10 heteroatoms. The molecule has 0 bridgehead atoms. The Balaban J connectivity index is 1.76. The zero-order chi connectivity index (χ0) is 22.6. The summed E-state index contributed by atoms with van der Waals surface area (Å²) in [6.45, 7) is 1.75. The third-order valence-corrected chi connectivity index (χ3v) is 5.54. The number of carbonyl (C=O) groups is 3. The summed E-state index contributed by atoms with van der Waals surface area (Å²) >= 11 is 0. The molecule has 0 radical (unpaired) electrons. The Hall–Kier alpha value is -3.40. The Morgan fingerprint density at radius 2 is 1.97 bits per heavy atom. The van der Waals surface area contributed by atoms with Crippen LogP contribution in [0.25, 0.3) is 0 Å². The van der Waals surface area contributed by atoms with E-state index in [1.165, 1.54) is 6.07 Å². The summed E-state index contributed by atoms with van der Waals surface area (Å²) in [5.74, 6) is -1.17. The number of fused-ring (bicyclic) bond motifs is 1. The number of amides is 3. The fraction of sp³-hybridized carbons (Fsp3) is 0.286. The topological polar surface area (TPSA) is 131 Å². The average Bonchev–Trinajstić information content (AvgIpc) is 2.69. The molecule has 9 nitrogen and oxygen atoms in total. The molecule has 2 aromatic rings. The van der Waals surface area contributed by atoms with E-state index in [1.54, 1.807) is 30.3 Å². The van der Waals surface area contributed by atoms with Crippen molar-refractivity contribution in [2.75, 3.05) is 29.2 Å². The van der Waals surface area contributed by atoms with E-state index in [-0.39, 0.29) is 24.7 Å². The lowest BCUT2D eigenvalue weighted by molar-refractivity contribution is -0.119. The lowest BCUT2D eigenvalue weighted by Gasteiger charge is -2.21. The second-order valence-corrected chi connectivity index (χ2v) is 9.61. The normalized spacial score (nSPS) is 13.9. The van der Waals surface area contributed by atoms with Crippen LogP contribution in [0.5, 0.6) is 5.75 Å². The molecule has 3 rings (SSSR count). The van der Waals surface area contributed by atoms with Crippen molar-refractivity contribution in [3.8, 4) is 5.75 Å². The van der Waals surface area contributed by atoms with Gasteiger partial charge in [0.15, 0.2) is 6.61 Å². The van der Waals surface area contributed by atoms with Crippen molar-refractivity contribution in [3.05, 3.63) is 53.6 Å². The highest BCUT2D eigenvalue weighted by Crippen LogP contribution is 2.30. The number of hydrogen-bond acceptors (Lipinski definition) is 6. The van der Waals surface area contributed by atoms with Gasteiger partial charge in [-0.3, -0.25) is 14.4 Å². The zero-order valence-electron chi connectivity index (χ0n) is 17.1. The van der Waals surface area contributed by atoms with Crippen molar-refractivity contribution in [1.29, 1.82) is 0 Å². The summed E-state index contributed by atoms with van der Waals surface area (Å²) in [5, 5.41) is 7.91. The molecule has 3 N–H and O–H groups in total. The maximum atomic E-state index is 12.9. The van der Waals surface area contributed by atoms with Gasteiger partial charge in [0, 0.05) is 17.5 Å². The van der Waals surface area contributed by atoms with E-state index in [9.17, 15) is 22.8 Å². The van der Waals surface area contributed by atoms with Crippen LogP contribution in [0.3, 0.4) is 0 Å². The van der Waals surface area contributed by atoms with E-state index in [4.69, 9.17) is 4.74 Å². The maximum absolute atomic E-state index is 12.9. The van der Waals surface area contributed by atoms with Crippen molar-refractivity contribution in [2.45, 2.75) is 19.4 Å². The second-order valence-electron chi connectivity index (χ2n) is 7.35. The first-order valence-electron chi connectivity index (χ1n) is 9.53. The van der Waals surface area contributed by atoms with Gasteiger partial charge in [0.2, 0.25) is 5.91 Å². The van der Waals surface area contributed by atoms with Crippen LogP contribution in [-0.4, -0.2) is 50.8 Å². The van der Waals surface area contributed by atoms with Crippen LogP contribution in [0.1, 0.15) is 22.3 Å². The van der Waals surface area contributed by atoms with Crippen molar-refractivity contribution in [3.63, 3.8) is 0 Å². The van der Waals surface area contributed by atoms with E-state index in [2.05, 4.69) is 16.0 Å². The van der Waals surface area contributed by atoms with Gasteiger partial charge in [0.1, 0.15) is 21.6 Å². The number of nitrogens with one attached hydrogen (secondary N) is 3. The summed E-state index contributed by atoms with van der Waals surface area (Å²) < 4.78 is 28.5. The van der Waals surface area contributed by atoms with Gasteiger partial charge in [-0.25, -0.2) is 8.42 Å². The standard InChI is InChI=1S/C21H23N3O6S/c1-13-4-3-5-14(10-13)20(26)24-16(8-9-31(2,28)29)21(27)22-15-6-7-18-17(11-15)23-19(25)12-30-18/h3-7,10-11,16H,8-9,12H2,1-2H3,(H,22,27)(H,23,25)(H,24,26). The molecular weight excluding hydrogens is 422 g/mol. The summed E-state index contributed by atoms with van der Waals surface area (Å²) in [6.07, 6.45) is 0.976. The van der Waals surface area contributed by atoms with Gasteiger partial charge in [0.05, 0.1) is 11.4 Å². The molecule has 0 fully saturated rings. The largest absolute Gasteiger partial charge is 0.482 e. The van der Waals surface area contributed by atoms with Crippen LogP contribution < -0.4 is 20.7 Å². The monoisotopic (exact) mass is 445 g/mol. The number of benzene rings is 2. The Labute approximate surface area is 180 Å². The van der Waals surface area contributed by atoms with Gasteiger partial charge < -0.3 is 20.7 Å². The molecule has 1 atom stereocenters. The molecule has 0 aliphatic carbocycles. The Morgan fingerprint density at radius 3 is 2.68 bits per heavy atom. The van der Waals surface area contributed by atoms with Crippen molar-refractivity contribution in [2.24, 2.45) is 0 Å². The smallest absolute Gasteiger partial charge is 0.262 e. The fourth-order valence-electron chi connectivity index (χ4n) is 3.02. The molecule has 0 spiro atoms. The predicted molar refractivity (Wildman–Crippen MR) is 116 cm³/mol. The molecule has 31 heavy (non-hydrogen) atoms. The molecule has 1 heterocycles. The minimum absolute atomic E-state index is 0.0860. The lowest BCUT2D eigenvalue weighted by atomic mass is 10.1. The summed E-state index contributed by atoms with van der Waals surface area (Å²) in [5.41, 5.74) is 2.02. The van der Waals surface area contributed by atoms with Gasteiger partial charge in [-0.1, -0.05) is 17.7 Å². The highest BCUT2D eigenvalue weighted by molar-refractivity contribution is 7.90. The highest BCUT2D eigenvalue weighted by Gasteiger charge is 2.24. The number of rotatable bonds is 7. The predicted octanol–water partition coefficient (Wildman–Crippen LogP) is 1.50. The van der Waals surface area contributed by atoms with Crippen molar-refractivity contribution >= 4 is 38.9 Å². The van der Waals surface area contributed by atoms with Crippen molar-refractivity contribution < 1.29 is 27.5 Å². The molecule has 0 saturated carbocycles. The van der Waals surface area contributed by atoms with Crippen LogP contribution >= 0.6 is 0 Å². The first kappa shape index (κ1) is 22.3. The number of aryl methyl sites for hydroxylation is 1. The minimum Gasteiger partial charge on any atom is -0.482 e. The minimum atomic E-state index is -3.35. The third-order valence-electron chi connectivity index (χ3n) is 4.56. The van der Waals surface area contributed by atoms with Gasteiger partial charge >= 0.3 is 0 Å². The van der Waals surface area contributed by atoms with Crippen LogP contribution in [0.15, 0.2) is 42.5 Å². The van der Waals surface area contributed by atoms with Gasteiger partial charge in [-0.2, -0.15) is 0 Å². The van der Waals surface area contributed by atoms with Gasteiger partial charge in [-0.05, 0) is 43.7 Å². The number of hydrogen-bond donors (Lipinski definition) is 3. The van der Waals surface area contributed by atoms with E-state index >= 15 is 0 Å². The number of ether oxygens (including phenoxy) is 1. The van der Waals surface area contributed by atoms with E-state index in [0.717, 1.165) is 11.8 Å². The summed E-state index contributed by atoms with van der Waals surface area (Å²) in [6, 6.07) is 10.5. The Morgan fingerprint density at radius 1 is 1.19 bits per heavy atom. The first-order chi connectivity index (χ1) is 14.6. The fourth-order valence-corrected chi connectivity index (χ4v) is 3.68. The number of anilines is 2. The molecule has 3 amide bonds. The number of carbonyl (C=O) groups excluding carboxylic acids is 3. The Kier molecular flexibility index (Phi) is 6.59. The van der Waals surface area contributed by atoms with Crippen LogP contribution in [0.2, 0.25) is 0 Å². The van der Waals surface area contributed by atoms with Crippen LogP contribution in [-0.2, 0) is 19.4 Å². The molecule has 1 aliphatic rings. The molecule has 164 valence electrons. The first-order valence-corrected chi connectivity index (χ1v) is 11.6. The van der Waals surface area contributed by atoms with Crippen LogP contribution in [0.4, 0.5) is 11.4 Å². The summed E-state index contributed by atoms with van der Waals surface area (Å²) in [7, 11) is -3.35. The molecule has 1 unspecified atom stereocenters. The average molecular weight is 445 g/mol. The lowest BCUT2D eigenvalue weighted by Crippen LogP contribution is -2.44. The quantitative estimate of drug-likeness (QED) is 0.592. The van der Waals surface area contributed by atoms with E-state index in [1.807, 2.05) is 13.0 Å². The molecule has 0 aromatic heterocycles. The van der Waals surface area contributed by atoms with E-state index < -0.39 is 27.7 Å². The third kappa shape index (κ3) is 6.29.